The maximum atomic E-state index is 8.13. The van der Waals surface area contributed by atoms with Crippen LogP contribution in [-0.2, 0) is 57.4 Å². The van der Waals surface area contributed by atoms with Gasteiger partial charge in [0.15, 0.2) is 103 Å². The van der Waals surface area contributed by atoms with Crippen LogP contribution in [0, 0.1) is 0 Å². The van der Waals surface area contributed by atoms with Gasteiger partial charge in [-0.25, -0.2) is 0 Å². The Bertz CT molecular complexity index is 7700. The molecule has 18 rings (SSSR count). The molecule has 0 saturated heterocycles. The highest BCUT2D eigenvalue weighted by Crippen LogP contribution is 2.40. The Morgan fingerprint density at radius 2 is 0.437 bits per heavy atom. The molecular weight excluding hydrogens is 1600 g/mol. The van der Waals surface area contributed by atoms with E-state index in [2.05, 4.69) is 21.3 Å². The molecule has 9 heterocycles. The minimum absolute atomic E-state index is 0.00595. The van der Waals surface area contributed by atoms with E-state index >= 15 is 0 Å². The predicted molar refractivity (Wildman–Crippen MR) is 493 cm³/mol. The average molecular weight is 1800 g/mol. The van der Waals surface area contributed by atoms with Gasteiger partial charge in [-0.2, -0.15) is 0 Å². The molecule has 9 aliphatic rings. The summed E-state index contributed by atoms with van der Waals surface area (Å²) in [6, 6.07) is 2.99. The van der Waals surface area contributed by atoms with Crippen LogP contribution < -0.4 is 133 Å². The normalized spacial score (nSPS) is 25.5. The molecule has 0 aliphatic carbocycles. The number of fused-ring (bicyclic) bond motifs is 9. The van der Waals surface area contributed by atoms with Gasteiger partial charge in [0, 0.05) is 95.5 Å². The zero-order valence-corrected chi connectivity index (χ0v) is 70.7. The Hall–Kier alpha value is -11.0. The van der Waals surface area contributed by atoms with Gasteiger partial charge in [0.2, 0.25) is 60.9 Å². The number of likely N-dealkylation sites (N-methyl/N-ethyl adjacent to an activating group) is 9. The average Bonchev–Trinajstić information content (AvgIpc) is 1.30. The third kappa shape index (κ3) is 31.0. The molecule has 9 N–H and O–H groups in total. The minimum Gasteiger partial charge on any atom is -0.454 e. The van der Waals surface area contributed by atoms with E-state index in [1.54, 1.807) is 66.1 Å². The lowest BCUT2D eigenvalue weighted by molar-refractivity contribution is 0.173. The van der Waals surface area contributed by atoms with Crippen LogP contribution in [0.3, 0.4) is 0 Å². The van der Waals surface area contributed by atoms with Gasteiger partial charge in [0.05, 0.1) is 20.6 Å². The van der Waals surface area contributed by atoms with E-state index in [0.717, 1.165) is 15.9 Å². The highest BCUT2D eigenvalue weighted by Gasteiger charge is 2.23. The van der Waals surface area contributed by atoms with E-state index in [0.29, 0.717) is 39.4 Å². The van der Waals surface area contributed by atoms with Gasteiger partial charge >= 0.3 is 0 Å². The SMILES string of the molecule is [2H]N(C(C)C([2H])([2H])c1ccc2c(c1)OC([2H])([2H])O2)C([2H])([2H])[2H].[2H]N(C(C)C([2H])([2H])c1ccc2c(c1)OCO2)C([2H])([2H])[2H].[2H]N(C)C(C)C([2H])([2H])c1ccc2c(c1)OC([2H])([2H])O2.[2H]N(C)C(C)C([2H])([2H])c1ccc2c(c1)OCO2.[2H]c1c([2H])c(C([2H])([2H])C(C)N([2H])C)c([2H])c2c1OCO2.[2H]c1c([2H])c(C([2H])([2H])C(C)NC([2H])([2H])[2H])c([2H])c2c1OC([2H])([2H])O2.[2H]c1c([2H])c(C([2H])([2H])C(C)NC([2H])([2H])[2H])c([2H])c2c1OCO2.[2H]c1c([2H])c(C([2H])([2H])C(C)NC)c([2H])c2c1OC([2H])([2H])O2.[2H]c1c([2H])c(C([2H])([2H])C(C)NC)c([2H])c2c1OCO2. The zero-order chi connectivity index (χ0) is 140. The van der Waals surface area contributed by atoms with Crippen molar-refractivity contribution in [1.29, 1.82) is 0 Å². The molecule has 9 aromatic rings. The smallest absolute Gasteiger partial charge is 0.231 e. The molecule has 0 saturated carbocycles. The summed E-state index contributed by atoms with van der Waals surface area (Å²) in [5.41, 5.74) is -0.566. The second-order valence-corrected chi connectivity index (χ2v) is 26.3. The van der Waals surface area contributed by atoms with Gasteiger partial charge in [0.25, 0.3) is 0 Å². The number of ether oxygens (including phenoxy) is 18. The van der Waals surface area contributed by atoms with Crippen molar-refractivity contribution in [3.63, 3.8) is 0 Å². The number of rotatable bonds is 27. The molecule has 0 spiro atoms. The number of hydrogen-bond acceptors (Lipinski definition) is 27. The minimum atomic E-state index is -2.75. The summed E-state index contributed by atoms with van der Waals surface area (Å²) in [6.07, 6.45) is -18.6. The molecule has 126 heavy (non-hydrogen) atoms. The molecule has 9 atom stereocenters. The second kappa shape index (κ2) is 51.0. The molecule has 9 unspecified atom stereocenters. The highest BCUT2D eigenvalue weighted by molar-refractivity contribution is 5.51. The molecule has 27 heteroatoms. The van der Waals surface area contributed by atoms with Gasteiger partial charge in [-0.15, -0.1) is 0 Å². The van der Waals surface area contributed by atoms with Crippen molar-refractivity contribution in [2.24, 2.45) is 0 Å². The quantitative estimate of drug-likeness (QED) is 0.0231. The number of hydrogen-bond donors (Lipinski definition) is 9. The van der Waals surface area contributed by atoms with Crippen LogP contribution in [0.15, 0.2) is 163 Å². The summed E-state index contributed by atoms with van der Waals surface area (Å²) in [6.45, 7) is -7.41. The third-order valence-electron chi connectivity index (χ3n) is 16.9. The van der Waals surface area contributed by atoms with Crippen molar-refractivity contribution in [3.8, 4) is 103 Å². The van der Waals surface area contributed by atoms with E-state index in [1.807, 2.05) is 0 Å². The van der Waals surface area contributed by atoms with Crippen LogP contribution in [-0.4, -0.2) is 178 Å². The highest BCUT2D eigenvalue weighted by atomic mass is 16.7. The maximum absolute atomic E-state index is 8.13. The second-order valence-electron chi connectivity index (χ2n) is 26.3. The molecule has 0 radical (unpaired) electrons. The molecule has 0 bridgehead atoms. The van der Waals surface area contributed by atoms with E-state index < -0.39 is 244 Å². The molecule has 9 aliphatic heterocycles. The molecule has 0 fully saturated rings. The van der Waals surface area contributed by atoms with Crippen LogP contribution in [0.4, 0.5) is 0 Å². The Kier molecular flexibility index (Phi) is 18.3. The Balaban J connectivity index is 0.000000207. The summed E-state index contributed by atoms with van der Waals surface area (Å²) >= 11 is 0. The van der Waals surface area contributed by atoms with Crippen LogP contribution >= 0.6 is 0 Å². The molecule has 27 nitrogen and oxygen atoms in total. The first kappa shape index (κ1) is 45.1. The fourth-order valence-electron chi connectivity index (χ4n) is 10.0. The van der Waals surface area contributed by atoms with Crippen molar-refractivity contribution < 1.29 is 165 Å². The summed E-state index contributed by atoms with van der Waals surface area (Å²) in [5.74, 6) is 1.03. The van der Waals surface area contributed by atoms with Crippen LogP contribution in [0.5, 0.6) is 103 Å². The largest absolute Gasteiger partial charge is 0.454 e. The lowest BCUT2D eigenvalue weighted by atomic mass is 10.1. The molecule has 0 amide bonds. The molecular formula is C99H135N9O18. The zero-order valence-electron chi connectivity index (χ0n) is 129. The van der Waals surface area contributed by atoms with Gasteiger partial charge in [0.1, 0.15) is 18.0 Å². The third-order valence-corrected chi connectivity index (χ3v) is 16.9. The topological polar surface area (TPSA) is 274 Å². The van der Waals surface area contributed by atoms with Crippen molar-refractivity contribution >= 4 is 0 Å². The standard InChI is InChI=1S/9C11H15NO2/c9*1-8(12-2)5-9-3-4-10-11(6-9)14-7-13-10/h9*3-4,6,8,12H,5,7H2,1-2H3/i2D3,3D,4D,5D2,6D,7D2;3D,4D,5D2,6D,7D2;2D3,3D,4D,5D2,6D;2*3D,4D,5D2,6D;2D3,5D2,7D2;5D2,7D2;2D3,5D2;5D2/hD5. The summed E-state index contributed by atoms with van der Waals surface area (Å²) < 4.78 is 537. The fraction of sp³-hybridized carbons (Fsp3) is 0.455. The number of nitrogens with one attached hydrogen (secondary N) is 9. The maximum Gasteiger partial charge on any atom is 0.231 e. The van der Waals surface area contributed by atoms with Gasteiger partial charge in [-0.3, -0.25) is 0 Å². The Labute approximate surface area is 827 Å². The van der Waals surface area contributed by atoms with Gasteiger partial charge < -0.3 is 133 Å². The first-order chi connectivity index (χ1) is 83.7. The first-order valence-corrected chi connectivity index (χ1v) is 38.4. The van der Waals surface area contributed by atoms with Crippen molar-refractivity contribution in [3.05, 3.63) is 214 Å². The lowest BCUT2D eigenvalue weighted by Gasteiger charge is -2.10. The molecule has 0 aromatic heterocycles. The predicted octanol–water partition coefficient (Wildman–Crippen LogP) is 14.1. The Morgan fingerprint density at radius 1 is 0.238 bits per heavy atom. The lowest BCUT2D eigenvalue weighted by Crippen LogP contribution is -2.23. The Morgan fingerprint density at radius 3 is 0.714 bits per heavy atom. The molecule has 9 aromatic carbocycles. The van der Waals surface area contributed by atoms with Gasteiger partial charge in [-0.05, 0) is 342 Å². The summed E-state index contributed by atoms with van der Waals surface area (Å²) in [5, 5.41) is 13.3. The van der Waals surface area contributed by atoms with Gasteiger partial charge in [-0.1, -0.05) is 54.5 Å². The van der Waals surface area contributed by atoms with Crippen LogP contribution in [0.25, 0.3) is 0 Å². The molecule has 684 valence electrons. The number of benzene rings is 9. The van der Waals surface area contributed by atoms with E-state index in [9.17, 15) is 0 Å². The van der Waals surface area contributed by atoms with Crippen molar-refractivity contribution in [1.82, 2.24) is 47.8 Å². The van der Waals surface area contributed by atoms with E-state index in [-0.39, 0.29) is 172 Å². The van der Waals surface area contributed by atoms with E-state index in [1.165, 1.54) is 104 Å². The van der Waals surface area contributed by atoms with Crippen molar-refractivity contribution in [2.75, 3.05) is 124 Å². The van der Waals surface area contributed by atoms with Crippen LogP contribution in [0.1, 0.15) is 185 Å². The fourth-order valence-corrected chi connectivity index (χ4v) is 10.0. The van der Waals surface area contributed by atoms with Crippen LogP contribution in [0.2, 0.25) is 7.06 Å². The summed E-state index contributed by atoms with van der Waals surface area (Å²) in [4.78, 5) is 0. The monoisotopic (exact) mass is 1800 g/mol. The summed E-state index contributed by atoms with van der Waals surface area (Å²) in [7, 11) is 7.56. The first-order valence-electron chi connectivity index (χ1n) is 67.2. The van der Waals surface area contributed by atoms with E-state index in [4.69, 9.17) is 165 Å². The van der Waals surface area contributed by atoms with Crippen molar-refractivity contribution in [2.45, 2.75) is 174 Å².